The Balaban J connectivity index is 1.61. The normalized spacial score (nSPS) is 23.6. The molecule has 31 heavy (non-hydrogen) atoms. The van der Waals surface area contributed by atoms with Gasteiger partial charge in [-0.2, -0.15) is 13.2 Å². The fourth-order valence-electron chi connectivity index (χ4n) is 3.93. The van der Waals surface area contributed by atoms with Gasteiger partial charge < -0.3 is 9.47 Å². The van der Waals surface area contributed by atoms with Crippen molar-refractivity contribution in [2.24, 2.45) is 5.41 Å². The van der Waals surface area contributed by atoms with E-state index in [4.69, 9.17) is 9.47 Å². The molecule has 0 bridgehead atoms. The summed E-state index contributed by atoms with van der Waals surface area (Å²) in [7, 11) is 0. The zero-order valence-corrected chi connectivity index (χ0v) is 17.5. The van der Waals surface area contributed by atoms with Gasteiger partial charge in [0.15, 0.2) is 0 Å². The van der Waals surface area contributed by atoms with Gasteiger partial charge >= 0.3 is 12.1 Å². The lowest BCUT2D eigenvalue weighted by molar-refractivity contribution is -0.262. The van der Waals surface area contributed by atoms with Crippen molar-refractivity contribution in [2.75, 3.05) is 0 Å². The minimum atomic E-state index is -4.61. The number of aromatic nitrogens is 1. The molecule has 0 spiro atoms. The number of carbonyl (C=O) groups is 1. The molecule has 0 amide bonds. The van der Waals surface area contributed by atoms with Crippen LogP contribution in [0.5, 0.6) is 5.75 Å². The number of halogens is 3. The van der Waals surface area contributed by atoms with Crippen molar-refractivity contribution in [3.63, 3.8) is 0 Å². The third kappa shape index (κ3) is 3.92. The molecule has 3 aromatic rings. The molecule has 1 saturated carbocycles. The number of pyridine rings is 1. The molecule has 8 heteroatoms. The van der Waals surface area contributed by atoms with Crippen LogP contribution in [0.2, 0.25) is 0 Å². The summed E-state index contributed by atoms with van der Waals surface area (Å²) < 4.78 is 53.9. The molecule has 0 aliphatic heterocycles. The van der Waals surface area contributed by atoms with Crippen molar-refractivity contribution in [2.45, 2.75) is 38.1 Å². The molecular formula is C23H20F3NO3S. The summed E-state index contributed by atoms with van der Waals surface area (Å²) in [4.78, 5) is 16.7. The van der Waals surface area contributed by atoms with Crippen LogP contribution in [-0.2, 0) is 9.53 Å². The largest absolute Gasteiger partial charge is 0.489 e. The minimum Gasteiger partial charge on any atom is -0.489 e. The van der Waals surface area contributed by atoms with E-state index in [-0.39, 0.29) is 12.8 Å². The molecule has 1 fully saturated rings. The van der Waals surface area contributed by atoms with Gasteiger partial charge in [-0.25, -0.2) is 4.79 Å². The van der Waals surface area contributed by atoms with E-state index in [1.54, 1.807) is 24.5 Å². The number of rotatable bonds is 5. The molecule has 1 aliphatic rings. The SMILES string of the molecule is C=CC(=O)OC1CCC(Oc2ccc3cc(-c4cccnc4)sc3c2)C1(C)C(F)(F)F. The Kier molecular flexibility index (Phi) is 5.51. The molecule has 0 radical (unpaired) electrons. The van der Waals surface area contributed by atoms with Crippen molar-refractivity contribution >= 4 is 27.4 Å². The summed E-state index contributed by atoms with van der Waals surface area (Å²) in [6.07, 6.45) is -2.60. The Hall–Kier alpha value is -2.87. The van der Waals surface area contributed by atoms with E-state index in [1.165, 1.54) is 11.3 Å². The number of thiophene rings is 1. The van der Waals surface area contributed by atoms with Crippen LogP contribution in [0.15, 0.2) is 61.4 Å². The van der Waals surface area contributed by atoms with E-state index in [2.05, 4.69) is 11.6 Å². The van der Waals surface area contributed by atoms with Crippen LogP contribution in [-0.4, -0.2) is 29.3 Å². The van der Waals surface area contributed by atoms with Crippen LogP contribution in [0.4, 0.5) is 13.2 Å². The summed E-state index contributed by atoms with van der Waals surface area (Å²) in [5.74, 6) is -0.521. The molecular weight excluding hydrogens is 427 g/mol. The Morgan fingerprint density at radius 2 is 2.03 bits per heavy atom. The first-order valence-electron chi connectivity index (χ1n) is 9.73. The second kappa shape index (κ2) is 8.00. The number of hydrogen-bond acceptors (Lipinski definition) is 5. The van der Waals surface area contributed by atoms with Crippen molar-refractivity contribution in [1.29, 1.82) is 0 Å². The Labute approximate surface area is 181 Å². The van der Waals surface area contributed by atoms with Crippen molar-refractivity contribution in [3.05, 3.63) is 61.4 Å². The number of carbonyl (C=O) groups excluding carboxylic acids is 1. The summed E-state index contributed by atoms with van der Waals surface area (Å²) in [5, 5.41) is 0.971. The molecule has 3 atom stereocenters. The molecule has 1 aromatic carbocycles. The first kappa shape index (κ1) is 21.4. The molecule has 162 valence electrons. The van der Waals surface area contributed by atoms with E-state index >= 15 is 0 Å². The van der Waals surface area contributed by atoms with Crippen LogP contribution >= 0.6 is 11.3 Å². The second-order valence-corrected chi connectivity index (χ2v) is 8.73. The molecule has 3 unspecified atom stereocenters. The van der Waals surface area contributed by atoms with Gasteiger partial charge in [-0.05, 0) is 55.5 Å². The summed E-state index contributed by atoms with van der Waals surface area (Å²) in [6, 6.07) is 11.1. The maximum absolute atomic E-state index is 14.0. The first-order chi connectivity index (χ1) is 14.7. The Morgan fingerprint density at radius 1 is 1.26 bits per heavy atom. The fourth-order valence-corrected chi connectivity index (χ4v) is 5.01. The van der Waals surface area contributed by atoms with Gasteiger partial charge in [0.05, 0.1) is 0 Å². The van der Waals surface area contributed by atoms with Gasteiger partial charge in [-0.1, -0.05) is 12.6 Å². The molecule has 2 heterocycles. The summed E-state index contributed by atoms with van der Waals surface area (Å²) in [5.41, 5.74) is -1.35. The molecule has 4 rings (SSSR count). The van der Waals surface area contributed by atoms with Crippen LogP contribution in [0, 0.1) is 5.41 Å². The van der Waals surface area contributed by atoms with Gasteiger partial charge in [0.2, 0.25) is 0 Å². The molecule has 0 saturated heterocycles. The standard InChI is InChI=1S/C23H20F3NO3S/c1-3-21(28)30-20-9-8-19(22(20,2)23(24,25)26)29-16-7-6-14-11-17(31-18(14)12-16)15-5-4-10-27-13-15/h3-7,10-13,19-20H,1,8-9H2,2H3. The van der Waals surface area contributed by atoms with Crippen LogP contribution in [0.3, 0.4) is 0 Å². The van der Waals surface area contributed by atoms with E-state index in [1.807, 2.05) is 24.3 Å². The third-order valence-electron chi connectivity index (χ3n) is 5.78. The molecule has 0 N–H and O–H groups in total. The highest BCUT2D eigenvalue weighted by molar-refractivity contribution is 7.22. The zero-order chi connectivity index (χ0) is 22.2. The lowest BCUT2D eigenvalue weighted by atomic mass is 9.83. The maximum Gasteiger partial charge on any atom is 0.401 e. The summed E-state index contributed by atoms with van der Waals surface area (Å²) in [6.45, 7) is 4.31. The van der Waals surface area contributed by atoms with E-state index in [9.17, 15) is 18.0 Å². The minimum absolute atomic E-state index is 0.0622. The van der Waals surface area contributed by atoms with E-state index < -0.39 is 29.8 Å². The zero-order valence-electron chi connectivity index (χ0n) is 16.7. The number of esters is 1. The number of hydrogen-bond donors (Lipinski definition) is 0. The van der Waals surface area contributed by atoms with E-state index in [0.29, 0.717) is 5.75 Å². The predicted octanol–water partition coefficient (Wildman–Crippen LogP) is 6.17. The second-order valence-electron chi connectivity index (χ2n) is 7.65. The highest BCUT2D eigenvalue weighted by atomic mass is 32.1. The van der Waals surface area contributed by atoms with Gasteiger partial charge in [-0.3, -0.25) is 4.98 Å². The highest BCUT2D eigenvalue weighted by Crippen LogP contribution is 2.53. The quantitative estimate of drug-likeness (QED) is 0.347. The number of alkyl halides is 3. The molecule has 2 aromatic heterocycles. The number of ether oxygens (including phenoxy) is 2. The van der Waals surface area contributed by atoms with Crippen LogP contribution in [0.1, 0.15) is 19.8 Å². The van der Waals surface area contributed by atoms with E-state index in [0.717, 1.165) is 33.5 Å². The van der Waals surface area contributed by atoms with Crippen molar-refractivity contribution in [1.82, 2.24) is 4.98 Å². The average Bonchev–Trinajstić information content (AvgIpc) is 3.31. The van der Waals surface area contributed by atoms with Gasteiger partial charge in [0.25, 0.3) is 0 Å². The third-order valence-corrected chi connectivity index (χ3v) is 6.93. The maximum atomic E-state index is 14.0. The van der Waals surface area contributed by atoms with Gasteiger partial charge in [0, 0.05) is 33.6 Å². The summed E-state index contributed by atoms with van der Waals surface area (Å²) >= 11 is 1.52. The topological polar surface area (TPSA) is 48.4 Å². The van der Waals surface area contributed by atoms with Crippen molar-refractivity contribution in [3.8, 4) is 16.2 Å². The number of nitrogens with zero attached hydrogens (tertiary/aromatic N) is 1. The van der Waals surface area contributed by atoms with Gasteiger partial charge in [0.1, 0.15) is 23.4 Å². The van der Waals surface area contributed by atoms with Crippen LogP contribution < -0.4 is 4.74 Å². The smallest absolute Gasteiger partial charge is 0.401 e. The first-order valence-corrected chi connectivity index (χ1v) is 10.5. The van der Waals surface area contributed by atoms with Gasteiger partial charge in [-0.15, -0.1) is 11.3 Å². The number of fused-ring (bicyclic) bond motifs is 1. The fraction of sp³-hybridized carbons (Fsp3) is 0.304. The Bertz CT molecular complexity index is 1110. The molecule has 1 aliphatic carbocycles. The lowest BCUT2D eigenvalue weighted by Crippen LogP contribution is -2.51. The molecule has 4 nitrogen and oxygen atoms in total. The predicted molar refractivity (Wildman–Crippen MR) is 113 cm³/mol. The average molecular weight is 447 g/mol. The monoisotopic (exact) mass is 447 g/mol. The van der Waals surface area contributed by atoms with Crippen LogP contribution in [0.25, 0.3) is 20.5 Å². The number of benzene rings is 1. The van der Waals surface area contributed by atoms with Crippen molar-refractivity contribution < 1.29 is 27.4 Å². The Morgan fingerprint density at radius 3 is 2.71 bits per heavy atom. The highest BCUT2D eigenvalue weighted by Gasteiger charge is 2.66. The lowest BCUT2D eigenvalue weighted by Gasteiger charge is -2.37.